The van der Waals surface area contributed by atoms with Crippen molar-refractivity contribution in [2.45, 2.75) is 38.9 Å². The van der Waals surface area contributed by atoms with Crippen LogP contribution in [-0.2, 0) is 9.31 Å². The van der Waals surface area contributed by atoms with E-state index < -0.39 is 7.12 Å². The molecular formula is C17H23BClN3O2. The van der Waals surface area contributed by atoms with Gasteiger partial charge in [-0.15, -0.1) is 0 Å². The molecule has 7 heteroatoms. The molecule has 0 amide bonds. The number of H-pyrrole nitrogens is 1. The normalized spacial score (nSPS) is 20.1. The summed E-state index contributed by atoms with van der Waals surface area (Å²) < 4.78 is 12.4. The first-order valence-corrected chi connectivity index (χ1v) is 8.45. The summed E-state index contributed by atoms with van der Waals surface area (Å²) in [6, 6.07) is 1.79. The molecule has 3 rings (SSSR count). The third-order valence-corrected chi connectivity index (χ3v) is 5.15. The molecule has 128 valence electrons. The van der Waals surface area contributed by atoms with Crippen molar-refractivity contribution in [2.24, 2.45) is 0 Å². The Bertz CT molecular complexity index is 769. The maximum atomic E-state index is 6.35. The van der Waals surface area contributed by atoms with Crippen molar-refractivity contribution < 1.29 is 9.31 Å². The second-order valence-corrected chi connectivity index (χ2v) is 7.51. The minimum absolute atomic E-state index is 0.371. The van der Waals surface area contributed by atoms with Crippen molar-refractivity contribution in [3.05, 3.63) is 34.5 Å². The van der Waals surface area contributed by atoms with Crippen LogP contribution in [0.5, 0.6) is 0 Å². The Morgan fingerprint density at radius 1 is 1.33 bits per heavy atom. The standard InChI is InChI=1S/C17H23BClN3O2/c1-16(2)17(3,4)24-18(23-16)12(10-20-5)8-11-9-22-15-14(11)13(19)6-7-21-15/h6-9,20H,10H2,1-5H3,(H,21,22). The number of fused-ring (bicyclic) bond motifs is 1. The van der Waals surface area contributed by atoms with Crippen molar-refractivity contribution >= 4 is 35.8 Å². The van der Waals surface area contributed by atoms with E-state index in [0.29, 0.717) is 11.6 Å². The van der Waals surface area contributed by atoms with Crippen molar-refractivity contribution in [1.29, 1.82) is 0 Å². The van der Waals surface area contributed by atoms with Crippen LogP contribution in [0.15, 0.2) is 23.9 Å². The summed E-state index contributed by atoms with van der Waals surface area (Å²) in [5.74, 6) is 0. The van der Waals surface area contributed by atoms with E-state index in [1.54, 1.807) is 12.3 Å². The van der Waals surface area contributed by atoms with Crippen LogP contribution >= 0.6 is 11.6 Å². The lowest BCUT2D eigenvalue weighted by Crippen LogP contribution is -2.41. The van der Waals surface area contributed by atoms with Crippen LogP contribution < -0.4 is 5.32 Å². The van der Waals surface area contributed by atoms with E-state index in [1.165, 1.54) is 0 Å². The van der Waals surface area contributed by atoms with Gasteiger partial charge in [-0.05, 0) is 46.3 Å². The molecule has 0 aliphatic carbocycles. The van der Waals surface area contributed by atoms with Crippen LogP contribution in [0.3, 0.4) is 0 Å². The SMILES string of the molecule is CNCC(=Cc1c[nH]c2nccc(Cl)c12)B1OC(C)(C)C(C)(C)O1. The highest BCUT2D eigenvalue weighted by Crippen LogP contribution is 2.39. The summed E-state index contributed by atoms with van der Waals surface area (Å²) in [6.07, 6.45) is 5.66. The zero-order valence-corrected chi connectivity index (χ0v) is 15.5. The summed E-state index contributed by atoms with van der Waals surface area (Å²) in [4.78, 5) is 7.47. The second kappa shape index (κ2) is 6.19. The Labute approximate surface area is 147 Å². The first-order valence-electron chi connectivity index (χ1n) is 8.07. The van der Waals surface area contributed by atoms with E-state index >= 15 is 0 Å². The largest absolute Gasteiger partial charge is 0.491 e. The van der Waals surface area contributed by atoms with Crippen LogP contribution in [0.1, 0.15) is 33.3 Å². The Morgan fingerprint density at radius 2 is 2.00 bits per heavy atom. The average molecular weight is 348 g/mol. The third-order valence-electron chi connectivity index (χ3n) is 4.83. The van der Waals surface area contributed by atoms with Crippen molar-refractivity contribution in [2.75, 3.05) is 13.6 Å². The van der Waals surface area contributed by atoms with Gasteiger partial charge in [0.25, 0.3) is 0 Å². The molecule has 2 N–H and O–H groups in total. The number of likely N-dealkylation sites (N-methyl/N-ethyl adjacent to an activating group) is 1. The molecule has 5 nitrogen and oxygen atoms in total. The van der Waals surface area contributed by atoms with Gasteiger partial charge in [0.2, 0.25) is 0 Å². The molecule has 2 aromatic rings. The number of rotatable bonds is 4. The third kappa shape index (κ3) is 2.99. The van der Waals surface area contributed by atoms with Gasteiger partial charge in [0, 0.05) is 29.9 Å². The molecule has 24 heavy (non-hydrogen) atoms. The highest BCUT2D eigenvalue weighted by molar-refractivity contribution is 6.56. The lowest BCUT2D eigenvalue weighted by molar-refractivity contribution is 0.00578. The number of hydrogen-bond acceptors (Lipinski definition) is 4. The lowest BCUT2D eigenvalue weighted by atomic mass is 9.77. The van der Waals surface area contributed by atoms with Crippen molar-refractivity contribution in [3.8, 4) is 0 Å². The van der Waals surface area contributed by atoms with Crippen LogP contribution in [0.2, 0.25) is 5.02 Å². The Hall–Kier alpha value is -1.34. The molecule has 0 saturated carbocycles. The molecule has 0 spiro atoms. The Morgan fingerprint density at radius 3 is 2.62 bits per heavy atom. The predicted octanol–water partition coefficient (Wildman–Crippen LogP) is 3.45. The molecule has 2 aromatic heterocycles. The van der Waals surface area contributed by atoms with E-state index in [2.05, 4.69) is 49.1 Å². The summed E-state index contributed by atoms with van der Waals surface area (Å²) in [6.45, 7) is 8.86. The van der Waals surface area contributed by atoms with E-state index in [-0.39, 0.29) is 11.2 Å². The zero-order chi connectivity index (χ0) is 17.5. The first kappa shape index (κ1) is 17.5. The minimum atomic E-state index is -0.400. The quantitative estimate of drug-likeness (QED) is 0.832. The second-order valence-electron chi connectivity index (χ2n) is 7.10. The minimum Gasteiger partial charge on any atom is -0.400 e. The molecule has 3 heterocycles. The van der Waals surface area contributed by atoms with Crippen molar-refractivity contribution in [3.63, 3.8) is 0 Å². The first-order chi connectivity index (χ1) is 11.2. The molecule has 0 unspecified atom stereocenters. The highest BCUT2D eigenvalue weighted by atomic mass is 35.5. The maximum Gasteiger partial charge on any atom is 0.491 e. The van der Waals surface area contributed by atoms with Gasteiger partial charge < -0.3 is 19.6 Å². The number of hydrogen-bond donors (Lipinski definition) is 2. The van der Waals surface area contributed by atoms with E-state index in [1.807, 2.05) is 13.2 Å². The molecule has 0 radical (unpaired) electrons. The van der Waals surface area contributed by atoms with E-state index in [9.17, 15) is 0 Å². The molecule has 1 fully saturated rings. The van der Waals surface area contributed by atoms with Gasteiger partial charge in [-0.25, -0.2) is 4.98 Å². The smallest absolute Gasteiger partial charge is 0.400 e. The molecule has 1 saturated heterocycles. The molecule has 0 atom stereocenters. The summed E-state index contributed by atoms with van der Waals surface area (Å²) >= 11 is 6.35. The summed E-state index contributed by atoms with van der Waals surface area (Å²) in [5, 5.41) is 4.77. The van der Waals surface area contributed by atoms with Gasteiger partial charge >= 0.3 is 7.12 Å². The van der Waals surface area contributed by atoms with Crippen molar-refractivity contribution in [1.82, 2.24) is 15.3 Å². The van der Waals surface area contributed by atoms with Gasteiger partial charge in [0.15, 0.2) is 0 Å². The molecule has 1 aliphatic rings. The van der Waals surface area contributed by atoms with Gasteiger partial charge in [-0.1, -0.05) is 17.7 Å². The van der Waals surface area contributed by atoms with Crippen LogP contribution in [0, 0.1) is 0 Å². The number of aromatic nitrogens is 2. The van der Waals surface area contributed by atoms with E-state index in [0.717, 1.165) is 22.1 Å². The van der Waals surface area contributed by atoms with Gasteiger partial charge in [-0.3, -0.25) is 0 Å². The topological polar surface area (TPSA) is 59.2 Å². The fourth-order valence-electron chi connectivity index (χ4n) is 2.76. The number of halogens is 1. The fourth-order valence-corrected chi connectivity index (χ4v) is 3.01. The van der Waals surface area contributed by atoms with Crippen LogP contribution in [0.4, 0.5) is 0 Å². The number of aromatic amines is 1. The highest BCUT2D eigenvalue weighted by Gasteiger charge is 2.52. The van der Waals surface area contributed by atoms with E-state index in [4.69, 9.17) is 20.9 Å². The number of pyridine rings is 1. The number of nitrogens with zero attached hydrogens (tertiary/aromatic N) is 1. The fraction of sp³-hybridized carbons (Fsp3) is 0.471. The number of nitrogens with one attached hydrogen (secondary N) is 2. The predicted molar refractivity (Wildman–Crippen MR) is 99.1 cm³/mol. The Kier molecular flexibility index (Phi) is 4.51. The van der Waals surface area contributed by atoms with Crippen LogP contribution in [-0.4, -0.2) is 41.9 Å². The molecule has 0 bridgehead atoms. The maximum absolute atomic E-state index is 6.35. The molecule has 0 aromatic carbocycles. The summed E-state index contributed by atoms with van der Waals surface area (Å²) in [5.41, 5.74) is 2.01. The molecule has 1 aliphatic heterocycles. The summed E-state index contributed by atoms with van der Waals surface area (Å²) in [7, 11) is 1.51. The Balaban J connectivity index is 2.01. The van der Waals surface area contributed by atoms with Gasteiger partial charge in [0.05, 0.1) is 16.2 Å². The van der Waals surface area contributed by atoms with Crippen LogP contribution in [0.25, 0.3) is 17.1 Å². The lowest BCUT2D eigenvalue weighted by Gasteiger charge is -2.32. The monoisotopic (exact) mass is 347 g/mol. The van der Waals surface area contributed by atoms with Gasteiger partial charge in [0.1, 0.15) is 5.65 Å². The van der Waals surface area contributed by atoms with Gasteiger partial charge in [-0.2, -0.15) is 0 Å². The average Bonchev–Trinajstić information content (AvgIpc) is 2.98. The molecular weight excluding hydrogens is 324 g/mol. The zero-order valence-electron chi connectivity index (χ0n) is 14.7.